The highest BCUT2D eigenvalue weighted by molar-refractivity contribution is 7.89. The highest BCUT2D eigenvalue weighted by Gasteiger charge is 2.28. The SMILES string of the molecule is CCO.O=S1(=O)NC(=NCCCN(Cc2ccc(F)cc2)c2ccccn2)C(=NCc2ccncc2)N1. The van der Waals surface area contributed by atoms with Crippen LogP contribution in [-0.2, 0) is 23.3 Å². The maximum absolute atomic E-state index is 13.3. The van der Waals surface area contributed by atoms with E-state index in [9.17, 15) is 12.8 Å². The molecule has 4 rings (SSSR count). The normalized spacial score (nSPS) is 16.0. The van der Waals surface area contributed by atoms with E-state index in [1.807, 2.05) is 30.3 Å². The molecule has 0 unspecified atom stereocenters. The van der Waals surface area contributed by atoms with Gasteiger partial charge >= 0.3 is 10.2 Å². The van der Waals surface area contributed by atoms with Gasteiger partial charge < -0.3 is 10.0 Å². The Hall–Kier alpha value is -3.90. The van der Waals surface area contributed by atoms with Gasteiger partial charge in [-0.05, 0) is 60.9 Å². The minimum absolute atomic E-state index is 0.185. The first kappa shape index (κ1) is 27.7. The zero-order valence-corrected chi connectivity index (χ0v) is 21.3. The molecule has 10 nitrogen and oxygen atoms in total. The highest BCUT2D eigenvalue weighted by atomic mass is 32.2. The number of aliphatic hydroxyl groups is 1. The Labute approximate surface area is 216 Å². The van der Waals surface area contributed by atoms with Crippen LogP contribution in [0.1, 0.15) is 24.5 Å². The number of halogens is 1. The zero-order chi connectivity index (χ0) is 26.5. The second-order valence-electron chi connectivity index (χ2n) is 7.86. The Morgan fingerprint density at radius 2 is 1.62 bits per heavy atom. The van der Waals surface area contributed by atoms with E-state index in [4.69, 9.17) is 5.11 Å². The number of hydrogen-bond acceptors (Lipinski definition) is 8. The topological polar surface area (TPSA) is 132 Å². The van der Waals surface area contributed by atoms with Gasteiger partial charge in [0.05, 0.1) is 6.54 Å². The van der Waals surface area contributed by atoms with Crippen LogP contribution in [0.2, 0.25) is 0 Å². The lowest BCUT2D eigenvalue weighted by Crippen LogP contribution is -2.26. The van der Waals surface area contributed by atoms with Gasteiger partial charge in [0.1, 0.15) is 11.6 Å². The number of hydrogen-bond donors (Lipinski definition) is 3. The zero-order valence-electron chi connectivity index (χ0n) is 20.5. The van der Waals surface area contributed by atoms with Crippen LogP contribution in [0.3, 0.4) is 0 Å². The van der Waals surface area contributed by atoms with Gasteiger partial charge in [0.25, 0.3) is 0 Å². The molecule has 0 aliphatic carbocycles. The minimum atomic E-state index is -3.71. The molecular weight excluding hydrogens is 497 g/mol. The monoisotopic (exact) mass is 527 g/mol. The fraction of sp³-hybridized carbons (Fsp3) is 0.280. The lowest BCUT2D eigenvalue weighted by Gasteiger charge is -2.23. The molecule has 3 heterocycles. The van der Waals surface area contributed by atoms with Gasteiger partial charge in [-0.15, -0.1) is 0 Å². The molecule has 12 heteroatoms. The van der Waals surface area contributed by atoms with Gasteiger partial charge in [-0.1, -0.05) is 18.2 Å². The standard InChI is InChI=1S/C23H24FN7O2S.C2H6O/c24-20-7-5-19(6-8-20)17-31(21-4-1-2-11-26-21)15-3-12-27-22-23(30-34(32,33)29-22)28-16-18-9-13-25-14-10-18;1-2-3/h1-2,4-11,13-14H,3,12,15-17H2,(H,27,29)(H,28,30);3H,2H2,1H3. The molecule has 2 aromatic heterocycles. The van der Waals surface area contributed by atoms with Crippen molar-refractivity contribution in [1.82, 2.24) is 19.4 Å². The fourth-order valence-corrected chi connectivity index (χ4v) is 4.21. The van der Waals surface area contributed by atoms with Gasteiger partial charge in [-0.3, -0.25) is 15.0 Å². The van der Waals surface area contributed by atoms with Crippen molar-refractivity contribution in [2.24, 2.45) is 9.98 Å². The first-order valence-corrected chi connectivity index (χ1v) is 13.2. The molecule has 3 aromatic rings. The number of anilines is 1. The van der Waals surface area contributed by atoms with Crippen LogP contribution in [-0.4, -0.2) is 54.9 Å². The Morgan fingerprint density at radius 1 is 0.946 bits per heavy atom. The van der Waals surface area contributed by atoms with E-state index >= 15 is 0 Å². The van der Waals surface area contributed by atoms with E-state index in [2.05, 4.69) is 34.3 Å². The van der Waals surface area contributed by atoms with Gasteiger partial charge in [0.15, 0.2) is 11.7 Å². The van der Waals surface area contributed by atoms with Crippen molar-refractivity contribution >= 4 is 27.7 Å². The molecule has 0 atom stereocenters. The van der Waals surface area contributed by atoms with Crippen LogP contribution in [0.15, 0.2) is 83.2 Å². The third kappa shape index (κ3) is 9.24. The molecular formula is C25H30FN7O3S. The predicted molar refractivity (Wildman–Crippen MR) is 142 cm³/mol. The number of amidine groups is 2. The second-order valence-corrected chi connectivity index (χ2v) is 9.28. The van der Waals surface area contributed by atoms with Crippen molar-refractivity contribution in [3.8, 4) is 0 Å². The summed E-state index contributed by atoms with van der Waals surface area (Å²) in [4.78, 5) is 19.2. The molecule has 1 fully saturated rings. The first-order chi connectivity index (χ1) is 17.9. The van der Waals surface area contributed by atoms with Crippen LogP contribution in [0.4, 0.5) is 10.2 Å². The van der Waals surface area contributed by atoms with E-state index in [1.54, 1.807) is 37.6 Å². The molecule has 1 saturated heterocycles. The predicted octanol–water partition coefficient (Wildman–Crippen LogP) is 2.45. The number of aliphatic imine (C=N–C) groups is 2. The molecule has 0 saturated carbocycles. The van der Waals surface area contributed by atoms with Crippen LogP contribution in [0.25, 0.3) is 0 Å². The van der Waals surface area contributed by atoms with Gasteiger partial charge in [-0.25, -0.2) is 18.8 Å². The molecule has 37 heavy (non-hydrogen) atoms. The maximum atomic E-state index is 13.3. The number of pyridine rings is 2. The van der Waals surface area contributed by atoms with Crippen LogP contribution < -0.4 is 14.3 Å². The molecule has 1 aromatic carbocycles. The molecule has 196 valence electrons. The van der Waals surface area contributed by atoms with Crippen molar-refractivity contribution in [1.29, 1.82) is 0 Å². The molecule has 0 spiro atoms. The van der Waals surface area contributed by atoms with Gasteiger partial charge in [0.2, 0.25) is 0 Å². The van der Waals surface area contributed by atoms with E-state index in [1.165, 1.54) is 12.1 Å². The summed E-state index contributed by atoms with van der Waals surface area (Å²) >= 11 is 0. The Balaban J connectivity index is 0.00000121. The van der Waals surface area contributed by atoms with E-state index in [0.29, 0.717) is 32.6 Å². The van der Waals surface area contributed by atoms with E-state index < -0.39 is 10.2 Å². The van der Waals surface area contributed by atoms with Crippen molar-refractivity contribution in [3.05, 3.63) is 90.1 Å². The molecule has 0 bridgehead atoms. The molecule has 3 N–H and O–H groups in total. The quantitative estimate of drug-likeness (QED) is 0.366. The number of aromatic nitrogens is 2. The average Bonchev–Trinajstić information content (AvgIpc) is 3.20. The summed E-state index contributed by atoms with van der Waals surface area (Å²) in [5.41, 5.74) is 1.86. The number of nitrogens with one attached hydrogen (secondary N) is 2. The summed E-state index contributed by atoms with van der Waals surface area (Å²) in [6, 6.07) is 15.6. The van der Waals surface area contributed by atoms with Crippen molar-refractivity contribution in [2.45, 2.75) is 26.4 Å². The summed E-state index contributed by atoms with van der Waals surface area (Å²) in [5, 5.41) is 7.57. The maximum Gasteiger partial charge on any atom is 0.324 e. The van der Waals surface area contributed by atoms with Gasteiger partial charge in [0, 0.05) is 44.8 Å². The smallest absolute Gasteiger partial charge is 0.324 e. The molecule has 0 amide bonds. The summed E-state index contributed by atoms with van der Waals surface area (Å²) in [5.74, 6) is 0.891. The minimum Gasteiger partial charge on any atom is -0.397 e. The number of benzene rings is 1. The summed E-state index contributed by atoms with van der Waals surface area (Å²) in [6.45, 7) is 3.78. The number of aliphatic hydroxyl groups excluding tert-OH is 1. The van der Waals surface area contributed by atoms with Crippen LogP contribution in [0.5, 0.6) is 0 Å². The Bertz CT molecular complexity index is 1270. The van der Waals surface area contributed by atoms with Crippen molar-refractivity contribution < 1.29 is 17.9 Å². The second kappa shape index (κ2) is 14.0. The average molecular weight is 528 g/mol. The van der Waals surface area contributed by atoms with Crippen LogP contribution >= 0.6 is 0 Å². The largest absolute Gasteiger partial charge is 0.397 e. The van der Waals surface area contributed by atoms with Crippen LogP contribution in [0, 0.1) is 5.82 Å². The summed E-state index contributed by atoms with van der Waals surface area (Å²) in [7, 11) is -3.71. The third-order valence-corrected chi connectivity index (χ3v) is 5.90. The van der Waals surface area contributed by atoms with Crippen molar-refractivity contribution in [3.63, 3.8) is 0 Å². The Kier molecular flexibility index (Phi) is 10.5. The molecule has 1 aliphatic rings. The molecule has 0 radical (unpaired) electrons. The summed E-state index contributed by atoms with van der Waals surface area (Å²) in [6.07, 6.45) is 5.67. The lowest BCUT2D eigenvalue weighted by atomic mass is 10.2. The molecule has 1 aliphatic heterocycles. The number of nitrogens with zero attached hydrogens (tertiary/aromatic N) is 5. The first-order valence-electron chi connectivity index (χ1n) is 11.7. The fourth-order valence-electron chi connectivity index (χ4n) is 3.33. The highest BCUT2D eigenvalue weighted by Crippen LogP contribution is 2.15. The third-order valence-electron chi connectivity index (χ3n) is 4.97. The van der Waals surface area contributed by atoms with Crippen molar-refractivity contribution in [2.75, 3.05) is 24.6 Å². The lowest BCUT2D eigenvalue weighted by molar-refractivity contribution is 0.318. The number of rotatable bonds is 9. The van der Waals surface area contributed by atoms with E-state index in [0.717, 1.165) is 16.9 Å². The van der Waals surface area contributed by atoms with E-state index in [-0.39, 0.29) is 24.1 Å². The Morgan fingerprint density at radius 3 is 2.27 bits per heavy atom. The van der Waals surface area contributed by atoms with Gasteiger partial charge in [-0.2, -0.15) is 8.42 Å². The summed E-state index contributed by atoms with van der Waals surface area (Å²) < 4.78 is 42.0.